The second-order valence-electron chi connectivity index (χ2n) is 6.17. The Morgan fingerprint density at radius 2 is 0.917 bits per heavy atom. The van der Waals surface area contributed by atoms with E-state index in [2.05, 4.69) is 51.4 Å². The highest BCUT2D eigenvalue weighted by molar-refractivity contribution is 6.84. The maximum Gasteiger partial charge on any atom is 0.0517 e. The molecule has 0 aromatic heterocycles. The Hall–Kier alpha value is 0.174. The fourth-order valence-corrected chi connectivity index (χ4v) is 8.74. The Morgan fingerprint density at radius 1 is 0.667 bits per heavy atom. The molecule has 2 unspecified atom stereocenters. The summed E-state index contributed by atoms with van der Waals surface area (Å²) in [5.41, 5.74) is 1.95. The number of hydrogen-bond acceptors (Lipinski definition) is 0. The molecular weight excluding hydrogens is 176 g/mol. The van der Waals surface area contributed by atoms with Gasteiger partial charge in [0.2, 0.25) is 0 Å². The molecule has 2 heteroatoms. The molecule has 0 heterocycles. The minimum absolute atomic E-state index is 0.899. The zero-order valence-corrected chi connectivity index (χ0v) is 11.3. The van der Waals surface area contributed by atoms with Gasteiger partial charge >= 0.3 is 0 Å². The summed E-state index contributed by atoms with van der Waals surface area (Å²) < 4.78 is 0. The van der Waals surface area contributed by atoms with Crippen molar-refractivity contribution >= 4 is 16.1 Å². The first-order valence-corrected chi connectivity index (χ1v) is 12.1. The van der Waals surface area contributed by atoms with Crippen LogP contribution in [-0.2, 0) is 0 Å². The molecule has 70 valence electrons. The zero-order chi connectivity index (χ0) is 9.57. The molecule has 0 bridgehead atoms. The van der Waals surface area contributed by atoms with Crippen molar-refractivity contribution in [2.24, 2.45) is 0 Å². The van der Waals surface area contributed by atoms with Crippen LogP contribution in [0.4, 0.5) is 0 Å². The van der Waals surface area contributed by atoms with E-state index in [0.717, 1.165) is 11.1 Å². The summed E-state index contributed by atoms with van der Waals surface area (Å²) in [6, 6.07) is 0. The number of hydrogen-bond donors (Lipinski definition) is 0. The summed E-state index contributed by atoms with van der Waals surface area (Å²) in [7, 11) is -1.80. The van der Waals surface area contributed by atoms with E-state index in [0.29, 0.717) is 0 Å². The van der Waals surface area contributed by atoms with Crippen molar-refractivity contribution in [3.05, 3.63) is 12.2 Å². The van der Waals surface area contributed by atoms with Gasteiger partial charge in [-0.1, -0.05) is 51.4 Å². The van der Waals surface area contributed by atoms with Crippen molar-refractivity contribution in [2.45, 2.75) is 50.4 Å². The van der Waals surface area contributed by atoms with Crippen LogP contribution in [0.25, 0.3) is 0 Å². The highest BCUT2D eigenvalue weighted by Gasteiger charge is 2.41. The van der Waals surface area contributed by atoms with Gasteiger partial charge in [0.05, 0.1) is 16.1 Å². The summed E-state index contributed by atoms with van der Waals surface area (Å²) in [6.07, 6.45) is 4.93. The van der Waals surface area contributed by atoms with Gasteiger partial charge in [0, 0.05) is 0 Å². The Bertz CT molecular complexity index is 171. The van der Waals surface area contributed by atoms with Crippen molar-refractivity contribution in [2.75, 3.05) is 0 Å². The molecule has 0 saturated carbocycles. The van der Waals surface area contributed by atoms with Crippen LogP contribution in [0, 0.1) is 0 Å². The van der Waals surface area contributed by atoms with Crippen LogP contribution in [0.15, 0.2) is 12.2 Å². The van der Waals surface area contributed by atoms with Crippen LogP contribution < -0.4 is 0 Å². The molecular formula is C10H22Si2. The van der Waals surface area contributed by atoms with Gasteiger partial charge in [-0.05, 0) is 11.1 Å². The fourth-order valence-electron chi connectivity index (χ4n) is 1.99. The maximum absolute atomic E-state index is 2.49. The second kappa shape index (κ2) is 2.84. The lowest BCUT2D eigenvalue weighted by Gasteiger charge is -2.44. The Balaban J connectivity index is 2.71. The SMILES string of the molecule is C[Si](C)(C)C1C=CC1[Si](C)(C)C. The van der Waals surface area contributed by atoms with Crippen molar-refractivity contribution < 1.29 is 0 Å². The molecule has 1 rings (SSSR count). The topological polar surface area (TPSA) is 0 Å². The van der Waals surface area contributed by atoms with Crippen molar-refractivity contribution in [1.82, 2.24) is 0 Å². The molecule has 0 nitrogen and oxygen atoms in total. The van der Waals surface area contributed by atoms with E-state index in [-0.39, 0.29) is 0 Å². The highest BCUT2D eigenvalue weighted by Crippen LogP contribution is 2.49. The minimum Gasteiger partial charge on any atom is -0.0878 e. The van der Waals surface area contributed by atoms with Crippen LogP contribution in [0.3, 0.4) is 0 Å². The predicted molar refractivity (Wildman–Crippen MR) is 63.3 cm³/mol. The monoisotopic (exact) mass is 198 g/mol. The first-order valence-electron chi connectivity index (χ1n) is 4.91. The smallest absolute Gasteiger partial charge is 0.0517 e. The fraction of sp³-hybridized carbons (Fsp3) is 0.800. The van der Waals surface area contributed by atoms with E-state index in [9.17, 15) is 0 Å². The van der Waals surface area contributed by atoms with Gasteiger partial charge in [-0.15, -0.1) is 0 Å². The largest absolute Gasteiger partial charge is 0.0878 e. The zero-order valence-electron chi connectivity index (χ0n) is 9.31. The predicted octanol–water partition coefficient (Wildman–Crippen LogP) is 3.97. The quantitative estimate of drug-likeness (QED) is 0.465. The molecule has 0 fully saturated rings. The third-order valence-corrected chi connectivity index (χ3v) is 8.35. The van der Waals surface area contributed by atoms with E-state index in [4.69, 9.17) is 0 Å². The van der Waals surface area contributed by atoms with Crippen molar-refractivity contribution in [3.63, 3.8) is 0 Å². The standard InChI is InChI=1S/C10H22Si2/c1-11(2,3)9-7-8-10(9)12(4,5)6/h7-10H,1-6H3. The molecule has 0 N–H and O–H groups in total. The lowest BCUT2D eigenvalue weighted by molar-refractivity contribution is 0.870. The molecule has 0 spiro atoms. The Kier molecular flexibility index (Phi) is 2.43. The molecule has 0 aromatic carbocycles. The molecule has 12 heavy (non-hydrogen) atoms. The van der Waals surface area contributed by atoms with E-state index >= 15 is 0 Å². The van der Waals surface area contributed by atoms with Gasteiger partial charge in [-0.3, -0.25) is 0 Å². The van der Waals surface area contributed by atoms with Gasteiger partial charge in [0.25, 0.3) is 0 Å². The molecule has 1 aliphatic rings. The van der Waals surface area contributed by atoms with Crippen LogP contribution in [-0.4, -0.2) is 16.1 Å². The van der Waals surface area contributed by atoms with Crippen molar-refractivity contribution in [3.8, 4) is 0 Å². The number of rotatable bonds is 2. The lowest BCUT2D eigenvalue weighted by Crippen LogP contribution is -2.42. The summed E-state index contributed by atoms with van der Waals surface area (Å²) in [6.45, 7) is 15.0. The van der Waals surface area contributed by atoms with Gasteiger partial charge in [0.1, 0.15) is 0 Å². The van der Waals surface area contributed by atoms with Crippen LogP contribution in [0.2, 0.25) is 50.4 Å². The lowest BCUT2D eigenvalue weighted by atomic mass is 10.1. The van der Waals surface area contributed by atoms with Crippen LogP contribution in [0.5, 0.6) is 0 Å². The first kappa shape index (κ1) is 10.3. The van der Waals surface area contributed by atoms with E-state index < -0.39 is 16.1 Å². The van der Waals surface area contributed by atoms with Crippen LogP contribution in [0.1, 0.15) is 0 Å². The average Bonchev–Trinajstić information content (AvgIpc) is 1.46. The summed E-state index contributed by atoms with van der Waals surface area (Å²) in [5, 5.41) is 0. The average molecular weight is 198 g/mol. The third-order valence-electron chi connectivity index (χ3n) is 2.91. The Labute approximate surface area is 79.1 Å². The molecule has 0 radical (unpaired) electrons. The molecule has 0 aliphatic heterocycles. The maximum atomic E-state index is 2.49. The Morgan fingerprint density at radius 3 is 1.00 bits per heavy atom. The highest BCUT2D eigenvalue weighted by atomic mass is 28.3. The molecule has 2 atom stereocenters. The molecule has 0 aromatic rings. The van der Waals surface area contributed by atoms with Gasteiger partial charge in [0.15, 0.2) is 0 Å². The van der Waals surface area contributed by atoms with E-state index in [1.165, 1.54) is 0 Å². The van der Waals surface area contributed by atoms with Gasteiger partial charge < -0.3 is 0 Å². The molecule has 0 amide bonds. The van der Waals surface area contributed by atoms with E-state index in [1.807, 2.05) is 0 Å². The van der Waals surface area contributed by atoms with Crippen LogP contribution >= 0.6 is 0 Å². The van der Waals surface area contributed by atoms with Gasteiger partial charge in [-0.25, -0.2) is 0 Å². The normalized spacial score (nSPS) is 30.2. The summed E-state index contributed by atoms with van der Waals surface area (Å²) in [5.74, 6) is 0. The van der Waals surface area contributed by atoms with Crippen molar-refractivity contribution in [1.29, 1.82) is 0 Å². The van der Waals surface area contributed by atoms with Gasteiger partial charge in [-0.2, -0.15) is 0 Å². The molecule has 0 saturated heterocycles. The third kappa shape index (κ3) is 1.91. The summed E-state index contributed by atoms with van der Waals surface area (Å²) >= 11 is 0. The van der Waals surface area contributed by atoms with E-state index in [1.54, 1.807) is 0 Å². The second-order valence-corrected chi connectivity index (χ2v) is 17.0. The minimum atomic E-state index is -0.899. The summed E-state index contributed by atoms with van der Waals surface area (Å²) in [4.78, 5) is 0. The number of allylic oxidation sites excluding steroid dienone is 2. The first-order chi connectivity index (χ1) is 5.23. The molecule has 1 aliphatic carbocycles.